The van der Waals surface area contributed by atoms with Crippen LogP contribution >= 0.6 is 0 Å². The van der Waals surface area contributed by atoms with E-state index >= 15 is 0 Å². The van der Waals surface area contributed by atoms with E-state index in [4.69, 9.17) is 0 Å². The zero-order valence-electron chi connectivity index (χ0n) is 17.2. The quantitative estimate of drug-likeness (QED) is 0.422. The minimum Gasteiger partial charge on any atom is -0.339 e. The van der Waals surface area contributed by atoms with Crippen molar-refractivity contribution >= 4 is 33.5 Å². The molecule has 6 nitrogen and oxygen atoms in total. The number of fused-ring (bicyclic) bond motifs is 3. The third kappa shape index (κ3) is 3.13. The highest BCUT2D eigenvalue weighted by molar-refractivity contribution is 6.13. The third-order valence-corrected chi connectivity index (χ3v) is 5.93. The number of aromatic nitrogens is 4. The highest BCUT2D eigenvalue weighted by Crippen LogP contribution is 2.38. The summed E-state index contributed by atoms with van der Waals surface area (Å²) in [6.07, 6.45) is 5.77. The van der Waals surface area contributed by atoms with Crippen LogP contribution in [0, 0.1) is 11.7 Å². The van der Waals surface area contributed by atoms with Gasteiger partial charge in [-0.2, -0.15) is 0 Å². The van der Waals surface area contributed by atoms with Crippen LogP contribution in [-0.2, 0) is 6.54 Å². The van der Waals surface area contributed by atoms with Gasteiger partial charge in [-0.1, -0.05) is 24.3 Å². The van der Waals surface area contributed by atoms with Crippen LogP contribution in [0.5, 0.6) is 0 Å². The molecule has 0 atom stereocenters. The first-order valence-corrected chi connectivity index (χ1v) is 10.7. The Labute approximate surface area is 183 Å². The van der Waals surface area contributed by atoms with Crippen molar-refractivity contribution in [3.63, 3.8) is 0 Å². The average Bonchev–Trinajstić information content (AvgIpc) is 3.47. The van der Waals surface area contributed by atoms with Gasteiger partial charge in [0.2, 0.25) is 5.95 Å². The summed E-state index contributed by atoms with van der Waals surface area (Å²) in [4.78, 5) is 22.2. The Morgan fingerprint density at radius 2 is 1.81 bits per heavy atom. The number of amides is 1. The first kappa shape index (κ1) is 18.7. The first-order valence-electron chi connectivity index (χ1n) is 10.7. The van der Waals surface area contributed by atoms with Crippen molar-refractivity contribution in [3.8, 4) is 5.95 Å². The number of hydrogen-bond acceptors (Lipinski definition) is 3. The zero-order valence-corrected chi connectivity index (χ0v) is 17.2. The molecule has 2 aromatic carbocycles. The maximum atomic E-state index is 13.7. The number of nitrogens with zero attached hydrogens (tertiary/aromatic N) is 4. The largest absolute Gasteiger partial charge is 0.339 e. The van der Waals surface area contributed by atoms with Gasteiger partial charge in [-0.15, -0.1) is 0 Å². The molecule has 0 aliphatic heterocycles. The molecule has 6 rings (SSSR count). The number of halogens is 1. The molecule has 1 amide bonds. The lowest BCUT2D eigenvalue weighted by Gasteiger charge is -2.10. The predicted octanol–water partition coefficient (Wildman–Crippen LogP) is 5.18. The van der Waals surface area contributed by atoms with E-state index in [0.29, 0.717) is 23.2 Å². The van der Waals surface area contributed by atoms with Crippen molar-refractivity contribution in [2.45, 2.75) is 19.4 Å². The van der Waals surface area contributed by atoms with Crippen LogP contribution in [0.1, 0.15) is 23.3 Å². The lowest BCUT2D eigenvalue weighted by atomic mass is 10.2. The fraction of sp³-hybridized carbons (Fsp3) is 0.160. The second-order valence-electron chi connectivity index (χ2n) is 8.18. The highest BCUT2D eigenvalue weighted by atomic mass is 19.1. The molecule has 1 N–H and O–H groups in total. The van der Waals surface area contributed by atoms with Crippen LogP contribution < -0.4 is 5.32 Å². The molecular formula is C25H20FN5O. The van der Waals surface area contributed by atoms with Crippen LogP contribution in [0.25, 0.3) is 27.9 Å². The maximum absolute atomic E-state index is 13.7. The fourth-order valence-corrected chi connectivity index (χ4v) is 4.30. The van der Waals surface area contributed by atoms with Gasteiger partial charge in [0.25, 0.3) is 5.91 Å². The van der Waals surface area contributed by atoms with Crippen molar-refractivity contribution in [2.75, 3.05) is 5.32 Å². The summed E-state index contributed by atoms with van der Waals surface area (Å²) in [7, 11) is 0. The third-order valence-electron chi connectivity index (χ3n) is 5.93. The molecule has 0 bridgehead atoms. The molecule has 1 fully saturated rings. The highest BCUT2D eigenvalue weighted by Gasteiger charge is 2.27. The number of hydrogen-bond donors (Lipinski definition) is 1. The van der Waals surface area contributed by atoms with Gasteiger partial charge < -0.3 is 9.88 Å². The minimum absolute atomic E-state index is 0.346. The van der Waals surface area contributed by atoms with E-state index in [1.807, 2.05) is 18.2 Å². The summed E-state index contributed by atoms with van der Waals surface area (Å²) in [5.41, 5.74) is 3.80. The summed E-state index contributed by atoms with van der Waals surface area (Å²) < 4.78 is 17.8. The summed E-state index contributed by atoms with van der Waals surface area (Å²) in [6.45, 7) is 0.911. The van der Waals surface area contributed by atoms with Crippen molar-refractivity contribution in [1.82, 2.24) is 19.1 Å². The maximum Gasteiger partial charge on any atom is 0.272 e. The summed E-state index contributed by atoms with van der Waals surface area (Å²) in [5, 5.41) is 3.86. The van der Waals surface area contributed by atoms with Gasteiger partial charge in [0.05, 0.1) is 16.6 Å². The van der Waals surface area contributed by atoms with E-state index < -0.39 is 5.82 Å². The molecule has 32 heavy (non-hydrogen) atoms. The van der Waals surface area contributed by atoms with Crippen LogP contribution in [-0.4, -0.2) is 25.0 Å². The predicted molar refractivity (Wildman–Crippen MR) is 121 cm³/mol. The average molecular weight is 425 g/mol. The summed E-state index contributed by atoms with van der Waals surface area (Å²) >= 11 is 0. The number of rotatable bonds is 5. The molecule has 5 aromatic rings. The molecule has 1 aliphatic rings. The van der Waals surface area contributed by atoms with Crippen molar-refractivity contribution in [2.24, 2.45) is 5.92 Å². The van der Waals surface area contributed by atoms with E-state index in [1.165, 1.54) is 25.0 Å². The Hall–Kier alpha value is -4.00. The van der Waals surface area contributed by atoms with Crippen LogP contribution in [0.2, 0.25) is 0 Å². The smallest absolute Gasteiger partial charge is 0.272 e. The number of nitrogens with one attached hydrogen (secondary N) is 1. The minimum atomic E-state index is -0.406. The van der Waals surface area contributed by atoms with E-state index in [0.717, 1.165) is 28.5 Å². The molecule has 3 heterocycles. The lowest BCUT2D eigenvalue weighted by molar-refractivity contribution is 0.102. The number of anilines is 1. The number of carbonyl (C=O) groups is 1. The summed E-state index contributed by atoms with van der Waals surface area (Å²) in [5.74, 6) is 0.328. The van der Waals surface area contributed by atoms with E-state index in [9.17, 15) is 9.18 Å². The van der Waals surface area contributed by atoms with Crippen molar-refractivity contribution < 1.29 is 9.18 Å². The van der Waals surface area contributed by atoms with Crippen LogP contribution in [0.4, 0.5) is 10.1 Å². The van der Waals surface area contributed by atoms with Crippen molar-refractivity contribution in [1.29, 1.82) is 0 Å². The van der Waals surface area contributed by atoms with E-state index in [2.05, 4.69) is 32.0 Å². The molecule has 158 valence electrons. The molecule has 0 spiro atoms. The van der Waals surface area contributed by atoms with E-state index in [-0.39, 0.29) is 5.91 Å². The van der Waals surface area contributed by atoms with Gasteiger partial charge in [-0.25, -0.2) is 14.4 Å². The molecule has 0 radical (unpaired) electrons. The molecule has 3 aromatic heterocycles. The first-order chi connectivity index (χ1) is 15.7. The second kappa shape index (κ2) is 7.30. The molecule has 7 heteroatoms. The van der Waals surface area contributed by atoms with Crippen molar-refractivity contribution in [3.05, 3.63) is 84.6 Å². The van der Waals surface area contributed by atoms with Gasteiger partial charge in [0.1, 0.15) is 11.5 Å². The molecule has 1 aliphatic carbocycles. The van der Waals surface area contributed by atoms with Crippen LogP contribution in [0.15, 0.2) is 73.1 Å². The van der Waals surface area contributed by atoms with Crippen LogP contribution in [0.3, 0.4) is 0 Å². The Bertz CT molecular complexity index is 1470. The molecule has 0 unspecified atom stereocenters. The number of benzene rings is 2. The fourth-order valence-electron chi connectivity index (χ4n) is 4.30. The van der Waals surface area contributed by atoms with Gasteiger partial charge >= 0.3 is 0 Å². The topological polar surface area (TPSA) is 64.7 Å². The number of para-hydroxylation sites is 1. The standard InChI is InChI=1S/C25H20FN5O/c26-17-5-3-6-18(13-17)29-24(32)22-14-21-23(31(22)25-27-11-4-12-28-25)19-7-1-2-8-20(19)30(21)15-16-9-10-16/h1-8,11-14,16H,9-10,15H2,(H,29,32). The van der Waals surface area contributed by atoms with Gasteiger partial charge in [-0.05, 0) is 55.2 Å². The summed E-state index contributed by atoms with van der Waals surface area (Å²) in [6, 6.07) is 17.7. The Balaban J connectivity index is 1.58. The Morgan fingerprint density at radius 1 is 1.00 bits per heavy atom. The monoisotopic (exact) mass is 425 g/mol. The lowest BCUT2D eigenvalue weighted by Crippen LogP contribution is -2.17. The van der Waals surface area contributed by atoms with Gasteiger partial charge in [0.15, 0.2) is 0 Å². The van der Waals surface area contributed by atoms with Gasteiger partial charge in [-0.3, -0.25) is 9.36 Å². The van der Waals surface area contributed by atoms with Gasteiger partial charge in [0, 0.05) is 30.0 Å². The Morgan fingerprint density at radius 3 is 2.59 bits per heavy atom. The number of carbonyl (C=O) groups excluding carboxylic acids is 1. The second-order valence-corrected chi connectivity index (χ2v) is 8.18. The Kier molecular flexibility index (Phi) is 4.28. The van der Waals surface area contributed by atoms with E-state index in [1.54, 1.807) is 35.2 Å². The normalized spacial score (nSPS) is 13.7. The SMILES string of the molecule is O=C(Nc1cccc(F)c1)c1cc2c(c3ccccc3n2CC2CC2)n1-c1ncccn1. The zero-order chi connectivity index (χ0) is 21.7. The molecular weight excluding hydrogens is 405 g/mol. The molecule has 1 saturated carbocycles. The molecule has 0 saturated heterocycles.